The Morgan fingerprint density at radius 1 is 1.05 bits per heavy atom. The Hall–Kier alpha value is -2.05. The van der Waals surface area contributed by atoms with Crippen molar-refractivity contribution in [2.45, 2.75) is 4.90 Å². The van der Waals surface area contributed by atoms with Gasteiger partial charge < -0.3 is 10.2 Å². The minimum absolute atomic E-state index is 0.242. The second-order valence-electron chi connectivity index (χ2n) is 3.97. The number of phenolic OH excluding ortho intramolecular Hbond substituents is 2. The summed E-state index contributed by atoms with van der Waals surface area (Å²) in [6, 6.07) is 9.64. The van der Waals surface area contributed by atoms with Gasteiger partial charge in [0.1, 0.15) is 0 Å². The Labute approximate surface area is 119 Å². The molecular weight excluding hydrogens is 304 g/mol. The number of hydrogen-bond donors (Lipinski definition) is 2. The van der Waals surface area contributed by atoms with Crippen LogP contribution in [-0.4, -0.2) is 24.4 Å². The van der Waals surface area contributed by atoms with E-state index in [-0.39, 0.29) is 11.1 Å². The minimum atomic E-state index is -4.13. The fraction of sp³-hybridized carbons (Fsp3) is 0. The summed E-state index contributed by atoms with van der Waals surface area (Å²) in [5.41, 5.74) is -0.0956. The summed E-state index contributed by atoms with van der Waals surface area (Å²) in [5.74, 6) is -2.05. The highest BCUT2D eigenvalue weighted by Gasteiger charge is 2.21. The van der Waals surface area contributed by atoms with E-state index in [1.165, 1.54) is 12.1 Å². The van der Waals surface area contributed by atoms with Crippen LogP contribution in [0.5, 0.6) is 11.5 Å². The van der Waals surface area contributed by atoms with Gasteiger partial charge in [-0.05, 0) is 6.07 Å². The van der Waals surface area contributed by atoms with Gasteiger partial charge in [0, 0.05) is 22.3 Å². The van der Waals surface area contributed by atoms with Crippen molar-refractivity contribution in [2.24, 2.45) is 0 Å². The molecule has 2 rings (SSSR count). The van der Waals surface area contributed by atoms with Crippen LogP contribution in [0.4, 0.5) is 0 Å². The molecule has 0 saturated heterocycles. The van der Waals surface area contributed by atoms with E-state index in [2.05, 4.69) is 0 Å². The maximum atomic E-state index is 12.2. The lowest BCUT2D eigenvalue weighted by Crippen LogP contribution is -2.03. The molecule has 2 N–H and O–H groups in total. The molecule has 104 valence electrons. The van der Waals surface area contributed by atoms with Gasteiger partial charge in [-0.3, -0.25) is 4.79 Å². The van der Waals surface area contributed by atoms with Crippen LogP contribution < -0.4 is 0 Å². The topological polar surface area (TPSA) is 91.7 Å². The molecule has 0 unspecified atom stereocenters. The normalized spacial score (nSPS) is 11.2. The van der Waals surface area contributed by atoms with Crippen LogP contribution >= 0.6 is 10.7 Å². The van der Waals surface area contributed by atoms with Gasteiger partial charge in [-0.1, -0.05) is 30.3 Å². The third kappa shape index (κ3) is 2.76. The quantitative estimate of drug-likeness (QED) is 0.515. The van der Waals surface area contributed by atoms with Gasteiger partial charge in [0.2, 0.25) is 0 Å². The van der Waals surface area contributed by atoms with E-state index in [1.807, 2.05) is 0 Å². The van der Waals surface area contributed by atoms with Crippen molar-refractivity contribution in [3.63, 3.8) is 0 Å². The van der Waals surface area contributed by atoms with Gasteiger partial charge in [-0.2, -0.15) is 0 Å². The number of aromatic hydroxyl groups is 2. The lowest BCUT2D eigenvalue weighted by atomic mass is 10.0. The molecule has 0 radical (unpaired) electrons. The zero-order valence-corrected chi connectivity index (χ0v) is 11.5. The van der Waals surface area contributed by atoms with E-state index in [0.29, 0.717) is 0 Å². The molecule has 0 atom stereocenters. The summed E-state index contributed by atoms with van der Waals surface area (Å²) in [4.78, 5) is 11.7. The second kappa shape index (κ2) is 5.15. The summed E-state index contributed by atoms with van der Waals surface area (Å²) in [5, 5.41) is 19.2. The minimum Gasteiger partial charge on any atom is -0.504 e. The first kappa shape index (κ1) is 14.4. The molecule has 7 heteroatoms. The van der Waals surface area contributed by atoms with Gasteiger partial charge in [-0.15, -0.1) is 0 Å². The van der Waals surface area contributed by atoms with Crippen molar-refractivity contribution >= 4 is 25.5 Å². The first-order valence-electron chi connectivity index (χ1n) is 5.41. The standard InChI is InChI=1S/C13H9ClO5S/c14-20(18,19)9-6-10(13(17)11(15)7-9)12(16)8-4-2-1-3-5-8/h1-7,15,17H. The summed E-state index contributed by atoms with van der Waals surface area (Å²) in [6.07, 6.45) is 0. The number of halogens is 1. The van der Waals surface area contributed by atoms with Crippen LogP contribution in [-0.2, 0) is 9.05 Å². The fourth-order valence-corrected chi connectivity index (χ4v) is 2.43. The predicted octanol–water partition coefficient (Wildman–Crippen LogP) is 2.26. The molecule has 0 aromatic heterocycles. The lowest BCUT2D eigenvalue weighted by molar-refractivity contribution is 0.103. The van der Waals surface area contributed by atoms with Crippen molar-refractivity contribution in [1.82, 2.24) is 0 Å². The summed E-state index contributed by atoms with van der Waals surface area (Å²) in [7, 11) is 1.04. The van der Waals surface area contributed by atoms with Crippen molar-refractivity contribution in [3.8, 4) is 11.5 Å². The second-order valence-corrected chi connectivity index (χ2v) is 6.54. The Morgan fingerprint density at radius 3 is 2.20 bits per heavy atom. The van der Waals surface area contributed by atoms with Crippen molar-refractivity contribution in [1.29, 1.82) is 0 Å². The number of benzene rings is 2. The van der Waals surface area contributed by atoms with E-state index < -0.39 is 31.2 Å². The highest BCUT2D eigenvalue weighted by Crippen LogP contribution is 2.34. The van der Waals surface area contributed by atoms with Crippen LogP contribution in [0.1, 0.15) is 15.9 Å². The molecule has 0 amide bonds. The predicted molar refractivity (Wildman–Crippen MR) is 72.7 cm³/mol. The SMILES string of the molecule is O=C(c1ccccc1)c1cc(S(=O)(=O)Cl)cc(O)c1O. The van der Waals surface area contributed by atoms with Gasteiger partial charge >= 0.3 is 0 Å². The summed E-state index contributed by atoms with van der Waals surface area (Å²) in [6.45, 7) is 0. The van der Waals surface area contributed by atoms with Gasteiger partial charge in [-0.25, -0.2) is 8.42 Å². The average Bonchev–Trinajstić information content (AvgIpc) is 2.40. The lowest BCUT2D eigenvalue weighted by Gasteiger charge is -2.07. The van der Waals surface area contributed by atoms with E-state index >= 15 is 0 Å². The zero-order chi connectivity index (χ0) is 14.9. The fourth-order valence-electron chi connectivity index (χ4n) is 1.65. The van der Waals surface area contributed by atoms with Crippen LogP contribution in [0.25, 0.3) is 0 Å². The molecule has 0 aliphatic rings. The van der Waals surface area contributed by atoms with Gasteiger partial charge in [0.25, 0.3) is 9.05 Å². The molecular formula is C13H9ClO5S. The van der Waals surface area contributed by atoms with Crippen LogP contribution in [0.2, 0.25) is 0 Å². The zero-order valence-electron chi connectivity index (χ0n) is 9.95. The van der Waals surface area contributed by atoms with Crippen molar-refractivity contribution in [3.05, 3.63) is 53.6 Å². The number of phenols is 2. The number of carbonyl (C=O) groups excluding carboxylic acids is 1. The number of carbonyl (C=O) groups is 1. The Balaban J connectivity index is 2.63. The van der Waals surface area contributed by atoms with Crippen molar-refractivity contribution in [2.75, 3.05) is 0 Å². The van der Waals surface area contributed by atoms with E-state index in [1.54, 1.807) is 18.2 Å². The smallest absolute Gasteiger partial charge is 0.261 e. The molecule has 0 heterocycles. The summed E-state index contributed by atoms with van der Waals surface area (Å²) >= 11 is 0. The Kier molecular flexibility index (Phi) is 3.69. The molecule has 0 aliphatic carbocycles. The molecule has 5 nitrogen and oxygen atoms in total. The molecule has 0 bridgehead atoms. The monoisotopic (exact) mass is 312 g/mol. The highest BCUT2D eigenvalue weighted by atomic mass is 35.7. The molecule has 2 aromatic carbocycles. The van der Waals surface area contributed by atoms with Crippen LogP contribution in [0.15, 0.2) is 47.4 Å². The third-order valence-electron chi connectivity index (χ3n) is 2.63. The first-order chi connectivity index (χ1) is 9.30. The third-order valence-corrected chi connectivity index (χ3v) is 3.96. The van der Waals surface area contributed by atoms with Crippen LogP contribution in [0, 0.1) is 0 Å². The molecule has 0 aliphatic heterocycles. The van der Waals surface area contributed by atoms with E-state index in [0.717, 1.165) is 12.1 Å². The van der Waals surface area contributed by atoms with Crippen LogP contribution in [0.3, 0.4) is 0 Å². The van der Waals surface area contributed by atoms with Crippen molar-refractivity contribution < 1.29 is 23.4 Å². The van der Waals surface area contributed by atoms with E-state index in [4.69, 9.17) is 10.7 Å². The maximum absolute atomic E-state index is 12.2. The molecule has 0 fully saturated rings. The maximum Gasteiger partial charge on any atom is 0.261 e. The van der Waals surface area contributed by atoms with Gasteiger partial charge in [0.15, 0.2) is 17.3 Å². The molecule has 20 heavy (non-hydrogen) atoms. The average molecular weight is 313 g/mol. The van der Waals surface area contributed by atoms with Gasteiger partial charge in [0.05, 0.1) is 10.5 Å². The Bertz CT molecular complexity index is 769. The number of rotatable bonds is 3. The molecule has 2 aromatic rings. The molecule has 0 spiro atoms. The van der Waals surface area contributed by atoms with E-state index in [9.17, 15) is 23.4 Å². The first-order valence-corrected chi connectivity index (χ1v) is 7.72. The largest absolute Gasteiger partial charge is 0.504 e. The number of hydrogen-bond acceptors (Lipinski definition) is 5. The number of ketones is 1. The summed E-state index contributed by atoms with van der Waals surface area (Å²) < 4.78 is 22.5. The molecule has 0 saturated carbocycles. The Morgan fingerprint density at radius 2 is 1.65 bits per heavy atom. The highest BCUT2D eigenvalue weighted by molar-refractivity contribution is 8.13.